The van der Waals surface area contributed by atoms with E-state index in [9.17, 15) is 9.59 Å². The first kappa shape index (κ1) is 12.4. The molecule has 0 saturated heterocycles. The number of hydrogen-bond donors (Lipinski definition) is 1. The summed E-state index contributed by atoms with van der Waals surface area (Å²) < 4.78 is 5.12. The molecular weight excluding hydrogens is 254 g/mol. The third kappa shape index (κ3) is 2.05. The normalized spacial score (nSPS) is 13.1. The van der Waals surface area contributed by atoms with Gasteiger partial charge in [0, 0.05) is 0 Å². The van der Waals surface area contributed by atoms with E-state index in [0.717, 1.165) is 16.9 Å². The van der Waals surface area contributed by atoms with Crippen LogP contribution < -0.4 is 10.1 Å². The number of carbonyl (C=O) groups is 2. The lowest BCUT2D eigenvalue weighted by Gasteiger charge is -2.07. The molecule has 1 N–H and O–H groups in total. The van der Waals surface area contributed by atoms with E-state index in [1.54, 1.807) is 19.2 Å². The van der Waals surface area contributed by atoms with Crippen molar-refractivity contribution in [3.8, 4) is 5.75 Å². The predicted octanol–water partition coefficient (Wildman–Crippen LogP) is 2.17. The highest BCUT2D eigenvalue weighted by atomic mass is 16.5. The number of carbonyl (C=O) groups excluding carboxylic acids is 2. The molecule has 0 atom stereocenters. The van der Waals surface area contributed by atoms with Gasteiger partial charge in [-0.15, -0.1) is 0 Å². The number of nitrogens with one attached hydrogen (secondary N) is 1. The van der Waals surface area contributed by atoms with E-state index in [4.69, 9.17) is 4.74 Å². The Morgan fingerprint density at radius 1 is 1.00 bits per heavy atom. The fourth-order valence-corrected chi connectivity index (χ4v) is 2.40. The van der Waals surface area contributed by atoms with Crippen molar-refractivity contribution in [1.29, 1.82) is 0 Å². The molecule has 2 aromatic carbocycles. The fraction of sp³-hybridized carbons (Fsp3) is 0.125. The van der Waals surface area contributed by atoms with Gasteiger partial charge in [0.15, 0.2) is 0 Å². The molecule has 4 nitrogen and oxygen atoms in total. The monoisotopic (exact) mass is 267 g/mol. The van der Waals surface area contributed by atoms with E-state index in [-0.39, 0.29) is 11.8 Å². The molecule has 0 bridgehead atoms. The number of methoxy groups -OCH3 is 1. The second-order valence-electron chi connectivity index (χ2n) is 4.65. The largest absolute Gasteiger partial charge is 0.497 e. The first-order valence-electron chi connectivity index (χ1n) is 6.29. The van der Waals surface area contributed by atoms with Crippen LogP contribution >= 0.6 is 0 Å². The minimum Gasteiger partial charge on any atom is -0.497 e. The maximum Gasteiger partial charge on any atom is 0.259 e. The summed E-state index contributed by atoms with van der Waals surface area (Å²) in [6, 6.07) is 13.0. The van der Waals surface area contributed by atoms with Crippen molar-refractivity contribution in [3.63, 3.8) is 0 Å². The third-order valence-electron chi connectivity index (χ3n) is 3.40. The zero-order valence-corrected chi connectivity index (χ0v) is 11.0. The molecule has 0 aromatic heterocycles. The highest BCUT2D eigenvalue weighted by molar-refractivity contribution is 6.22. The van der Waals surface area contributed by atoms with Crippen molar-refractivity contribution in [2.24, 2.45) is 0 Å². The Labute approximate surface area is 116 Å². The number of ether oxygens (including phenoxy) is 1. The average Bonchev–Trinajstić information content (AvgIpc) is 2.76. The van der Waals surface area contributed by atoms with Crippen LogP contribution in [-0.4, -0.2) is 18.9 Å². The Morgan fingerprint density at radius 2 is 1.75 bits per heavy atom. The van der Waals surface area contributed by atoms with E-state index >= 15 is 0 Å². The second kappa shape index (κ2) is 4.81. The molecule has 3 rings (SSSR count). The Morgan fingerprint density at radius 3 is 2.45 bits per heavy atom. The van der Waals surface area contributed by atoms with Gasteiger partial charge in [-0.05, 0) is 35.7 Å². The molecule has 1 aliphatic rings. The predicted molar refractivity (Wildman–Crippen MR) is 74.0 cm³/mol. The summed E-state index contributed by atoms with van der Waals surface area (Å²) in [6.45, 7) is 0. The third-order valence-corrected chi connectivity index (χ3v) is 3.40. The molecule has 1 aliphatic heterocycles. The van der Waals surface area contributed by atoms with Gasteiger partial charge in [-0.25, -0.2) is 0 Å². The summed E-state index contributed by atoms with van der Waals surface area (Å²) in [7, 11) is 1.62. The number of rotatable bonds is 3. The number of amides is 2. The SMILES string of the molecule is COc1ccc(Cc2cccc3c2C(=O)NC3=O)cc1. The maximum atomic E-state index is 11.8. The molecular formula is C16H13NO3. The number of benzene rings is 2. The fourth-order valence-electron chi connectivity index (χ4n) is 2.40. The van der Waals surface area contributed by atoms with Crippen LogP contribution in [0, 0.1) is 0 Å². The first-order chi connectivity index (χ1) is 9.69. The zero-order chi connectivity index (χ0) is 14.1. The van der Waals surface area contributed by atoms with Gasteiger partial charge >= 0.3 is 0 Å². The van der Waals surface area contributed by atoms with Gasteiger partial charge in [0.2, 0.25) is 0 Å². The molecule has 100 valence electrons. The molecule has 4 heteroatoms. The highest BCUT2D eigenvalue weighted by Crippen LogP contribution is 2.23. The van der Waals surface area contributed by atoms with E-state index in [1.165, 1.54) is 0 Å². The summed E-state index contributed by atoms with van der Waals surface area (Å²) in [5.74, 6) is 0.163. The number of fused-ring (bicyclic) bond motifs is 1. The Balaban J connectivity index is 1.95. The summed E-state index contributed by atoms with van der Waals surface area (Å²) in [5, 5.41) is 2.33. The molecule has 20 heavy (non-hydrogen) atoms. The summed E-state index contributed by atoms with van der Waals surface area (Å²) in [5.41, 5.74) is 2.87. The second-order valence-corrected chi connectivity index (χ2v) is 4.65. The molecule has 0 radical (unpaired) electrons. The highest BCUT2D eigenvalue weighted by Gasteiger charge is 2.28. The molecule has 0 unspecified atom stereocenters. The van der Waals surface area contributed by atoms with Gasteiger partial charge in [0.05, 0.1) is 18.2 Å². The van der Waals surface area contributed by atoms with Gasteiger partial charge < -0.3 is 4.74 Å². The Bertz CT molecular complexity index is 689. The topological polar surface area (TPSA) is 55.4 Å². The van der Waals surface area contributed by atoms with E-state index < -0.39 is 0 Å². The molecule has 0 fully saturated rings. The first-order valence-corrected chi connectivity index (χ1v) is 6.29. The summed E-state index contributed by atoms with van der Waals surface area (Å²) >= 11 is 0. The number of imide groups is 1. The Hall–Kier alpha value is -2.62. The van der Waals surface area contributed by atoms with Gasteiger partial charge in [0.1, 0.15) is 5.75 Å². The number of hydrogen-bond acceptors (Lipinski definition) is 3. The van der Waals surface area contributed by atoms with Crippen LogP contribution in [0.15, 0.2) is 42.5 Å². The van der Waals surface area contributed by atoms with Crippen LogP contribution in [-0.2, 0) is 6.42 Å². The lowest BCUT2D eigenvalue weighted by atomic mass is 9.97. The van der Waals surface area contributed by atoms with Crippen molar-refractivity contribution < 1.29 is 14.3 Å². The minimum atomic E-state index is -0.318. The van der Waals surface area contributed by atoms with Crippen LogP contribution in [0.1, 0.15) is 31.8 Å². The van der Waals surface area contributed by atoms with Crippen LogP contribution in [0.4, 0.5) is 0 Å². The quantitative estimate of drug-likeness (QED) is 0.867. The van der Waals surface area contributed by atoms with Crippen molar-refractivity contribution in [2.45, 2.75) is 6.42 Å². The van der Waals surface area contributed by atoms with Crippen molar-refractivity contribution in [1.82, 2.24) is 5.32 Å². The Kier molecular flexibility index (Phi) is 2.99. The van der Waals surface area contributed by atoms with Crippen LogP contribution in [0.3, 0.4) is 0 Å². The molecule has 0 spiro atoms. The van der Waals surface area contributed by atoms with Crippen LogP contribution in [0.25, 0.3) is 0 Å². The molecule has 0 aliphatic carbocycles. The van der Waals surface area contributed by atoms with Gasteiger partial charge in [-0.2, -0.15) is 0 Å². The van der Waals surface area contributed by atoms with E-state index in [1.807, 2.05) is 30.3 Å². The summed E-state index contributed by atoms with van der Waals surface area (Å²) in [4.78, 5) is 23.5. The van der Waals surface area contributed by atoms with Crippen LogP contribution in [0.2, 0.25) is 0 Å². The smallest absolute Gasteiger partial charge is 0.259 e. The van der Waals surface area contributed by atoms with Gasteiger partial charge in [-0.3, -0.25) is 14.9 Å². The average molecular weight is 267 g/mol. The van der Waals surface area contributed by atoms with Gasteiger partial charge in [-0.1, -0.05) is 24.3 Å². The minimum absolute atomic E-state index is 0.311. The molecule has 0 saturated carbocycles. The zero-order valence-electron chi connectivity index (χ0n) is 11.0. The van der Waals surface area contributed by atoms with Crippen LogP contribution in [0.5, 0.6) is 5.75 Å². The lowest BCUT2D eigenvalue weighted by Crippen LogP contribution is -2.20. The lowest BCUT2D eigenvalue weighted by molar-refractivity contribution is 0.0879. The maximum absolute atomic E-state index is 11.8. The van der Waals surface area contributed by atoms with Crippen molar-refractivity contribution in [3.05, 3.63) is 64.7 Å². The van der Waals surface area contributed by atoms with Gasteiger partial charge in [0.25, 0.3) is 11.8 Å². The molecule has 2 aromatic rings. The molecule has 1 heterocycles. The van der Waals surface area contributed by atoms with Crippen molar-refractivity contribution >= 4 is 11.8 Å². The summed E-state index contributed by atoms with van der Waals surface area (Å²) in [6.07, 6.45) is 0.605. The van der Waals surface area contributed by atoms with E-state index in [2.05, 4.69) is 5.32 Å². The van der Waals surface area contributed by atoms with E-state index in [0.29, 0.717) is 17.5 Å². The standard InChI is InChI=1S/C16H13NO3/c1-20-12-7-5-10(6-8-12)9-11-3-2-4-13-14(11)16(19)17-15(13)18/h2-8H,9H2,1H3,(H,17,18,19). The molecule has 2 amide bonds. The van der Waals surface area contributed by atoms with Crippen molar-refractivity contribution in [2.75, 3.05) is 7.11 Å².